The van der Waals surface area contributed by atoms with E-state index in [1.54, 1.807) is 23.2 Å². The normalized spacial score (nSPS) is 16.6. The predicted octanol–water partition coefficient (Wildman–Crippen LogP) is 0.277. The Labute approximate surface area is 112 Å². The molecular formula is C13H19N3O3. The second-order valence-corrected chi connectivity index (χ2v) is 4.56. The molecule has 19 heavy (non-hydrogen) atoms. The van der Waals surface area contributed by atoms with Crippen LogP contribution in [-0.2, 0) is 4.74 Å². The number of aliphatic hydroxyl groups excluding tert-OH is 1. The number of nitrogen functional groups attached to an aromatic ring is 1. The predicted molar refractivity (Wildman–Crippen MR) is 70.6 cm³/mol. The number of pyridine rings is 1. The molecule has 0 aromatic carbocycles. The Kier molecular flexibility index (Phi) is 4.70. The highest BCUT2D eigenvalue weighted by atomic mass is 16.5. The quantitative estimate of drug-likeness (QED) is 0.816. The van der Waals surface area contributed by atoms with Crippen LogP contribution >= 0.6 is 0 Å². The summed E-state index contributed by atoms with van der Waals surface area (Å²) in [6.45, 7) is 1.68. The van der Waals surface area contributed by atoms with Crippen molar-refractivity contribution >= 4 is 11.6 Å². The lowest BCUT2D eigenvalue weighted by Gasteiger charge is -2.31. The first-order valence-corrected chi connectivity index (χ1v) is 6.44. The fraction of sp³-hybridized carbons (Fsp3) is 0.538. The van der Waals surface area contributed by atoms with E-state index < -0.39 is 0 Å². The van der Waals surface area contributed by atoms with Crippen LogP contribution in [0.5, 0.6) is 0 Å². The minimum atomic E-state index is -0.0899. The SMILES string of the molecule is Nc1ccnc(C(=O)N2CCC(OCCO)CC2)c1. The summed E-state index contributed by atoms with van der Waals surface area (Å²) < 4.78 is 5.46. The van der Waals surface area contributed by atoms with Crippen LogP contribution in [0.4, 0.5) is 5.69 Å². The lowest BCUT2D eigenvalue weighted by Crippen LogP contribution is -2.41. The average Bonchev–Trinajstić information content (AvgIpc) is 2.45. The van der Waals surface area contributed by atoms with E-state index in [2.05, 4.69) is 4.98 Å². The summed E-state index contributed by atoms with van der Waals surface area (Å²) in [5.74, 6) is -0.0899. The summed E-state index contributed by atoms with van der Waals surface area (Å²) >= 11 is 0. The van der Waals surface area contributed by atoms with Crippen molar-refractivity contribution in [1.29, 1.82) is 0 Å². The van der Waals surface area contributed by atoms with Gasteiger partial charge in [-0.05, 0) is 25.0 Å². The molecule has 2 heterocycles. The Balaban J connectivity index is 1.89. The number of amides is 1. The highest BCUT2D eigenvalue weighted by Gasteiger charge is 2.24. The topological polar surface area (TPSA) is 88.7 Å². The number of aliphatic hydroxyl groups is 1. The number of hydrogen-bond acceptors (Lipinski definition) is 5. The van der Waals surface area contributed by atoms with Crippen LogP contribution in [0, 0.1) is 0 Å². The molecule has 1 aromatic heterocycles. The summed E-state index contributed by atoms with van der Waals surface area (Å²) in [5.41, 5.74) is 6.57. The molecular weight excluding hydrogens is 246 g/mol. The Morgan fingerprint density at radius 1 is 1.53 bits per heavy atom. The third kappa shape index (κ3) is 3.65. The Morgan fingerprint density at radius 3 is 2.89 bits per heavy atom. The van der Waals surface area contributed by atoms with Crippen LogP contribution in [0.3, 0.4) is 0 Å². The molecule has 1 fully saturated rings. The number of rotatable bonds is 4. The van der Waals surface area contributed by atoms with Crippen LogP contribution < -0.4 is 5.73 Å². The van der Waals surface area contributed by atoms with E-state index in [4.69, 9.17) is 15.6 Å². The van der Waals surface area contributed by atoms with E-state index in [0.717, 1.165) is 12.8 Å². The van der Waals surface area contributed by atoms with Gasteiger partial charge in [0.15, 0.2) is 0 Å². The largest absolute Gasteiger partial charge is 0.399 e. The number of hydrogen-bond donors (Lipinski definition) is 2. The van der Waals surface area contributed by atoms with E-state index in [1.165, 1.54) is 0 Å². The summed E-state index contributed by atoms with van der Waals surface area (Å²) in [6.07, 6.45) is 3.24. The van der Waals surface area contributed by atoms with Gasteiger partial charge in [-0.2, -0.15) is 0 Å². The summed E-state index contributed by atoms with van der Waals surface area (Å²) in [5, 5.41) is 8.70. The van der Waals surface area contributed by atoms with Crippen LogP contribution in [0.1, 0.15) is 23.3 Å². The molecule has 2 rings (SSSR count). The van der Waals surface area contributed by atoms with Crippen molar-refractivity contribution in [2.45, 2.75) is 18.9 Å². The second-order valence-electron chi connectivity index (χ2n) is 4.56. The van der Waals surface area contributed by atoms with Gasteiger partial charge in [-0.3, -0.25) is 9.78 Å². The third-order valence-electron chi connectivity index (χ3n) is 3.18. The first-order valence-electron chi connectivity index (χ1n) is 6.44. The number of carbonyl (C=O) groups excluding carboxylic acids is 1. The summed E-state index contributed by atoms with van der Waals surface area (Å²) in [6, 6.07) is 3.25. The van der Waals surface area contributed by atoms with Gasteiger partial charge in [0, 0.05) is 25.0 Å². The van der Waals surface area contributed by atoms with Crippen LogP contribution in [0.25, 0.3) is 0 Å². The van der Waals surface area contributed by atoms with Crippen molar-refractivity contribution in [2.75, 3.05) is 32.0 Å². The van der Waals surface area contributed by atoms with Crippen molar-refractivity contribution in [3.05, 3.63) is 24.0 Å². The number of ether oxygens (including phenoxy) is 1. The number of carbonyl (C=O) groups is 1. The van der Waals surface area contributed by atoms with E-state index >= 15 is 0 Å². The van der Waals surface area contributed by atoms with Gasteiger partial charge in [-0.1, -0.05) is 0 Å². The molecule has 6 nitrogen and oxygen atoms in total. The van der Waals surface area contributed by atoms with Crippen LogP contribution in [-0.4, -0.2) is 53.3 Å². The highest BCUT2D eigenvalue weighted by molar-refractivity contribution is 5.93. The zero-order valence-electron chi connectivity index (χ0n) is 10.8. The number of anilines is 1. The van der Waals surface area contributed by atoms with Crippen LogP contribution in [0.2, 0.25) is 0 Å². The first kappa shape index (κ1) is 13.8. The molecule has 0 spiro atoms. The maximum Gasteiger partial charge on any atom is 0.272 e. The fourth-order valence-electron chi connectivity index (χ4n) is 2.17. The van der Waals surface area contributed by atoms with Gasteiger partial charge < -0.3 is 20.5 Å². The first-order chi connectivity index (χ1) is 9.20. The van der Waals surface area contributed by atoms with Gasteiger partial charge in [0.25, 0.3) is 5.91 Å². The van der Waals surface area contributed by atoms with E-state index in [-0.39, 0.29) is 18.6 Å². The number of aromatic nitrogens is 1. The number of nitrogens with zero attached hydrogens (tertiary/aromatic N) is 2. The van der Waals surface area contributed by atoms with Crippen molar-refractivity contribution < 1.29 is 14.6 Å². The third-order valence-corrected chi connectivity index (χ3v) is 3.18. The average molecular weight is 265 g/mol. The summed E-state index contributed by atoms with van der Waals surface area (Å²) in [7, 11) is 0. The van der Waals surface area contributed by atoms with Gasteiger partial charge in [-0.15, -0.1) is 0 Å². The van der Waals surface area contributed by atoms with Gasteiger partial charge in [0.1, 0.15) is 5.69 Å². The van der Waals surface area contributed by atoms with E-state index in [0.29, 0.717) is 31.1 Å². The Bertz CT molecular complexity index is 431. The number of nitrogens with two attached hydrogens (primary N) is 1. The minimum Gasteiger partial charge on any atom is -0.399 e. The molecule has 3 N–H and O–H groups in total. The van der Waals surface area contributed by atoms with Crippen molar-refractivity contribution in [1.82, 2.24) is 9.88 Å². The molecule has 0 aliphatic carbocycles. The van der Waals surface area contributed by atoms with Crippen molar-refractivity contribution in [3.63, 3.8) is 0 Å². The lowest BCUT2D eigenvalue weighted by molar-refractivity contribution is -0.00564. The van der Waals surface area contributed by atoms with E-state index in [9.17, 15) is 4.79 Å². The second kappa shape index (κ2) is 6.49. The molecule has 0 saturated carbocycles. The molecule has 0 atom stereocenters. The molecule has 6 heteroatoms. The maximum atomic E-state index is 12.2. The number of likely N-dealkylation sites (tertiary alicyclic amines) is 1. The molecule has 0 unspecified atom stereocenters. The molecule has 0 radical (unpaired) electrons. The molecule has 1 aromatic rings. The monoisotopic (exact) mass is 265 g/mol. The highest BCUT2D eigenvalue weighted by Crippen LogP contribution is 2.16. The molecule has 1 saturated heterocycles. The molecule has 1 aliphatic heterocycles. The standard InChI is InChI=1S/C13H19N3O3/c14-10-1-4-15-12(9-10)13(18)16-5-2-11(3-6-16)19-8-7-17/h1,4,9,11,17H,2-3,5-8H2,(H2,14,15). The fourth-order valence-corrected chi connectivity index (χ4v) is 2.17. The molecule has 1 aliphatic rings. The molecule has 1 amide bonds. The molecule has 104 valence electrons. The molecule has 0 bridgehead atoms. The smallest absolute Gasteiger partial charge is 0.272 e. The van der Waals surface area contributed by atoms with E-state index in [1.807, 2.05) is 0 Å². The van der Waals surface area contributed by atoms with Gasteiger partial charge in [0.05, 0.1) is 19.3 Å². The van der Waals surface area contributed by atoms with Gasteiger partial charge in [0.2, 0.25) is 0 Å². The zero-order chi connectivity index (χ0) is 13.7. The van der Waals surface area contributed by atoms with Crippen molar-refractivity contribution in [2.24, 2.45) is 0 Å². The lowest BCUT2D eigenvalue weighted by atomic mass is 10.1. The zero-order valence-corrected chi connectivity index (χ0v) is 10.8. The minimum absolute atomic E-state index is 0.0341. The maximum absolute atomic E-state index is 12.2. The Hall–Kier alpha value is -1.66. The van der Waals surface area contributed by atoms with Crippen molar-refractivity contribution in [3.8, 4) is 0 Å². The van der Waals surface area contributed by atoms with Gasteiger partial charge >= 0.3 is 0 Å². The summed E-state index contributed by atoms with van der Waals surface area (Å²) in [4.78, 5) is 18.0. The Morgan fingerprint density at radius 2 is 2.26 bits per heavy atom. The number of piperidine rings is 1. The van der Waals surface area contributed by atoms with Gasteiger partial charge in [-0.25, -0.2) is 0 Å². The van der Waals surface area contributed by atoms with Crippen LogP contribution in [0.15, 0.2) is 18.3 Å².